The molecule has 0 fully saturated rings. The summed E-state index contributed by atoms with van der Waals surface area (Å²) in [5.74, 6) is 2.12. The molecule has 8 bridgehead atoms. The molecule has 0 radical (unpaired) electrons. The van der Waals surface area contributed by atoms with E-state index in [1.165, 1.54) is 5.56 Å². The summed E-state index contributed by atoms with van der Waals surface area (Å²) < 4.78 is 17.9. The molecular weight excluding hydrogens is 572 g/mol. The third-order valence-electron chi connectivity index (χ3n) is 8.40. The van der Waals surface area contributed by atoms with Gasteiger partial charge in [0, 0.05) is 11.1 Å². The van der Waals surface area contributed by atoms with Gasteiger partial charge in [0.2, 0.25) is 0 Å². The van der Waals surface area contributed by atoms with Crippen LogP contribution in [0, 0.1) is 6.92 Å². The van der Waals surface area contributed by atoms with Gasteiger partial charge in [0.1, 0.15) is 17.3 Å². The second kappa shape index (κ2) is 10.4. The predicted molar refractivity (Wildman–Crippen MR) is 182 cm³/mol. The number of aromatic amines is 2. The number of fused-ring (bicyclic) bond motifs is 8. The molecule has 0 amide bonds. The fourth-order valence-corrected chi connectivity index (χ4v) is 6.27. The van der Waals surface area contributed by atoms with Crippen LogP contribution < -0.4 is 0 Å². The van der Waals surface area contributed by atoms with E-state index < -0.39 is 0 Å². The first kappa shape index (κ1) is 26.1. The lowest BCUT2D eigenvalue weighted by Crippen LogP contribution is -1.88. The summed E-state index contributed by atoms with van der Waals surface area (Å²) in [5.41, 5.74) is 12.5. The highest BCUT2D eigenvalue weighted by atomic mass is 16.3. The molecule has 220 valence electrons. The van der Waals surface area contributed by atoms with Crippen LogP contribution >= 0.6 is 0 Å². The zero-order valence-electron chi connectivity index (χ0n) is 24.7. The molecule has 0 saturated carbocycles. The minimum atomic E-state index is 0.700. The zero-order valence-corrected chi connectivity index (χ0v) is 24.7. The molecular formula is C39H26N4O3. The average molecular weight is 599 g/mol. The highest BCUT2D eigenvalue weighted by Gasteiger charge is 2.20. The minimum Gasteiger partial charge on any atom is -0.464 e. The van der Waals surface area contributed by atoms with Gasteiger partial charge in [-0.05, 0) is 97.5 Å². The number of benzene rings is 1. The van der Waals surface area contributed by atoms with Crippen molar-refractivity contribution in [3.05, 3.63) is 132 Å². The molecule has 7 nitrogen and oxygen atoms in total. The third-order valence-corrected chi connectivity index (χ3v) is 8.40. The van der Waals surface area contributed by atoms with Crippen molar-refractivity contribution < 1.29 is 13.3 Å². The number of aromatic nitrogens is 4. The minimum absolute atomic E-state index is 0.700. The topological polar surface area (TPSA) is 96.8 Å². The highest BCUT2D eigenvalue weighted by molar-refractivity contribution is 5.98. The van der Waals surface area contributed by atoms with Crippen LogP contribution in [0.2, 0.25) is 0 Å². The molecule has 0 aliphatic carbocycles. The van der Waals surface area contributed by atoms with E-state index >= 15 is 0 Å². The van der Waals surface area contributed by atoms with Gasteiger partial charge in [-0.1, -0.05) is 29.8 Å². The molecule has 2 N–H and O–H groups in total. The zero-order chi connectivity index (χ0) is 30.6. The monoisotopic (exact) mass is 598 g/mol. The molecule has 2 aliphatic heterocycles. The quantitative estimate of drug-likeness (QED) is 0.210. The van der Waals surface area contributed by atoms with Crippen molar-refractivity contribution in [2.75, 3.05) is 0 Å². The van der Waals surface area contributed by atoms with Gasteiger partial charge >= 0.3 is 0 Å². The Labute approximate surface area is 263 Å². The van der Waals surface area contributed by atoms with Crippen molar-refractivity contribution in [2.45, 2.75) is 6.92 Å². The number of furan rings is 3. The lowest BCUT2D eigenvalue weighted by molar-refractivity contribution is 0.582. The van der Waals surface area contributed by atoms with E-state index in [-0.39, 0.29) is 0 Å². The first-order valence-electron chi connectivity index (χ1n) is 15.0. The first-order valence-corrected chi connectivity index (χ1v) is 15.0. The molecule has 0 saturated heterocycles. The van der Waals surface area contributed by atoms with Gasteiger partial charge in [0.15, 0.2) is 0 Å². The van der Waals surface area contributed by atoms with Crippen LogP contribution in [0.5, 0.6) is 0 Å². The number of rotatable bonds is 4. The van der Waals surface area contributed by atoms with E-state index in [1.807, 2.05) is 66.8 Å². The van der Waals surface area contributed by atoms with E-state index in [0.29, 0.717) is 17.3 Å². The number of nitrogens with zero attached hydrogens (tertiary/aromatic N) is 2. The molecule has 8 heterocycles. The Morgan fingerprint density at radius 2 is 0.804 bits per heavy atom. The van der Waals surface area contributed by atoms with Gasteiger partial charge in [-0.2, -0.15) is 0 Å². The van der Waals surface area contributed by atoms with E-state index in [4.69, 9.17) is 23.2 Å². The Kier molecular flexibility index (Phi) is 5.89. The summed E-state index contributed by atoms with van der Waals surface area (Å²) in [6.45, 7) is 2.09. The molecule has 7 heteroatoms. The fourth-order valence-electron chi connectivity index (χ4n) is 6.27. The normalized spacial score (nSPS) is 12.3. The van der Waals surface area contributed by atoms with Crippen LogP contribution in [-0.2, 0) is 0 Å². The van der Waals surface area contributed by atoms with E-state index in [1.54, 1.807) is 18.8 Å². The molecule has 1 aromatic carbocycles. The Bertz CT molecular complexity index is 2420. The fraction of sp³-hybridized carbons (Fsp3) is 0.0256. The number of hydrogen-bond acceptors (Lipinski definition) is 5. The molecule has 46 heavy (non-hydrogen) atoms. The standard InChI is InChI=1S/C39H26N4O3/c1-23-8-10-24(11-9-23)36-25-12-14-27(40-25)37(33-5-2-20-44-33)29-16-18-31(42-29)39(35-7-4-22-46-35)32-19-17-30(43-32)38(34-6-3-21-45-34)28-15-13-26(36)41-28/h2-22,40,43H,1H3. The molecule has 7 aromatic rings. The van der Waals surface area contributed by atoms with Gasteiger partial charge in [0.25, 0.3) is 0 Å². The summed E-state index contributed by atoms with van der Waals surface area (Å²) in [6.07, 6.45) is 13.2. The van der Waals surface area contributed by atoms with E-state index in [9.17, 15) is 0 Å². The van der Waals surface area contributed by atoms with Crippen molar-refractivity contribution in [3.63, 3.8) is 0 Å². The Morgan fingerprint density at radius 3 is 1.17 bits per heavy atom. The molecule has 2 aliphatic rings. The van der Waals surface area contributed by atoms with Gasteiger partial charge in [-0.3, -0.25) is 0 Å². The van der Waals surface area contributed by atoms with Gasteiger partial charge < -0.3 is 23.2 Å². The second-order valence-electron chi connectivity index (χ2n) is 11.3. The van der Waals surface area contributed by atoms with Gasteiger partial charge in [0.05, 0.1) is 74.8 Å². The van der Waals surface area contributed by atoms with Gasteiger partial charge in [-0.25, -0.2) is 9.97 Å². The van der Waals surface area contributed by atoms with Crippen LogP contribution in [0.3, 0.4) is 0 Å². The van der Waals surface area contributed by atoms with Crippen LogP contribution in [-0.4, -0.2) is 19.9 Å². The largest absolute Gasteiger partial charge is 0.464 e. The molecule has 0 spiro atoms. The van der Waals surface area contributed by atoms with E-state index in [0.717, 1.165) is 72.7 Å². The summed E-state index contributed by atoms with van der Waals surface area (Å²) in [5, 5.41) is 0. The van der Waals surface area contributed by atoms with Crippen LogP contribution in [0.1, 0.15) is 28.3 Å². The first-order chi connectivity index (χ1) is 22.7. The Balaban J connectivity index is 1.48. The average Bonchev–Trinajstić information content (AvgIpc) is 3.91. The van der Waals surface area contributed by atoms with Crippen molar-refractivity contribution in [2.24, 2.45) is 0 Å². The van der Waals surface area contributed by atoms with Crippen molar-refractivity contribution in [1.82, 2.24) is 19.9 Å². The SMILES string of the molecule is Cc1ccc(-c2c3nc(c(-c4ccco4)c4ccc([nH]4)c(-c4ccco4)c4nc(c(-c5ccco5)c5ccc2[nH]5)C=C4)C=C3)cc1. The Morgan fingerprint density at radius 1 is 0.435 bits per heavy atom. The molecule has 9 rings (SSSR count). The lowest BCUT2D eigenvalue weighted by Gasteiger charge is -2.05. The predicted octanol–water partition coefficient (Wildman–Crippen LogP) is 10.4. The number of nitrogens with one attached hydrogen (secondary N) is 2. The van der Waals surface area contributed by atoms with E-state index in [2.05, 4.69) is 59.4 Å². The summed E-state index contributed by atoms with van der Waals surface area (Å²) in [6, 6.07) is 28.3. The van der Waals surface area contributed by atoms with Crippen molar-refractivity contribution >= 4 is 46.4 Å². The van der Waals surface area contributed by atoms with Crippen molar-refractivity contribution in [3.8, 4) is 45.1 Å². The molecule has 6 aromatic heterocycles. The summed E-state index contributed by atoms with van der Waals surface area (Å²) in [4.78, 5) is 17.8. The maximum Gasteiger partial charge on any atom is 0.138 e. The summed E-state index contributed by atoms with van der Waals surface area (Å²) in [7, 11) is 0. The van der Waals surface area contributed by atoms with Crippen LogP contribution in [0.4, 0.5) is 0 Å². The van der Waals surface area contributed by atoms with Gasteiger partial charge in [-0.15, -0.1) is 0 Å². The maximum atomic E-state index is 5.97. The van der Waals surface area contributed by atoms with Crippen molar-refractivity contribution in [1.29, 1.82) is 0 Å². The lowest BCUT2D eigenvalue weighted by atomic mass is 10.0. The maximum absolute atomic E-state index is 5.97. The Hall–Kier alpha value is -6.34. The number of aryl methyl sites for hydroxylation is 1. The third kappa shape index (κ3) is 4.29. The highest BCUT2D eigenvalue weighted by Crippen LogP contribution is 2.38. The number of H-pyrrole nitrogens is 2. The van der Waals surface area contributed by atoms with Crippen LogP contribution in [0.25, 0.3) is 91.5 Å². The smallest absolute Gasteiger partial charge is 0.138 e. The molecule has 0 atom stereocenters. The molecule has 0 unspecified atom stereocenters. The number of hydrogen-bond donors (Lipinski definition) is 2. The second-order valence-corrected chi connectivity index (χ2v) is 11.3. The summed E-state index contributed by atoms with van der Waals surface area (Å²) >= 11 is 0. The van der Waals surface area contributed by atoms with Crippen LogP contribution in [0.15, 0.2) is 117 Å².